The van der Waals surface area contributed by atoms with Gasteiger partial charge >= 0.3 is 0 Å². The maximum Gasteiger partial charge on any atom is 0.202 e. The normalized spacial score (nSPS) is 11.2. The molecule has 0 saturated heterocycles. The van der Waals surface area contributed by atoms with Crippen LogP contribution in [0.2, 0.25) is 0 Å². The molecule has 0 N–H and O–H groups in total. The van der Waals surface area contributed by atoms with Crippen LogP contribution in [0.5, 0.6) is 0 Å². The molecule has 25 heavy (non-hydrogen) atoms. The van der Waals surface area contributed by atoms with Crippen LogP contribution in [0.4, 0.5) is 4.39 Å². The number of rotatable bonds is 3. The van der Waals surface area contributed by atoms with Crippen LogP contribution in [0, 0.1) is 19.7 Å². The monoisotopic (exact) mass is 351 g/mol. The van der Waals surface area contributed by atoms with Crippen molar-refractivity contribution in [3.63, 3.8) is 0 Å². The lowest BCUT2D eigenvalue weighted by Gasteiger charge is -2.11. The third-order valence-electron chi connectivity index (χ3n) is 3.90. The van der Waals surface area contributed by atoms with Gasteiger partial charge in [0, 0.05) is 5.39 Å². The zero-order valence-corrected chi connectivity index (χ0v) is 14.5. The summed E-state index contributed by atoms with van der Waals surface area (Å²) in [7, 11) is 0. The summed E-state index contributed by atoms with van der Waals surface area (Å²) in [5.41, 5.74) is 2.82. The molecule has 0 fully saturated rings. The van der Waals surface area contributed by atoms with Crippen LogP contribution in [0.3, 0.4) is 0 Å². The summed E-state index contributed by atoms with van der Waals surface area (Å²) >= 11 is 1.35. The fraction of sp³-hybridized carbons (Fsp3) is 0.111. The molecule has 7 heteroatoms. The minimum absolute atomic E-state index is 0.319. The van der Waals surface area contributed by atoms with Crippen molar-refractivity contribution in [2.75, 3.05) is 0 Å². The van der Waals surface area contributed by atoms with Gasteiger partial charge < -0.3 is 0 Å². The number of aryl methyl sites for hydroxylation is 2. The molecule has 5 nitrogen and oxygen atoms in total. The number of benzene rings is 2. The molecule has 0 aliphatic rings. The van der Waals surface area contributed by atoms with E-state index in [9.17, 15) is 4.39 Å². The summed E-state index contributed by atoms with van der Waals surface area (Å²) in [6, 6.07) is 12.5. The molecule has 0 aliphatic heterocycles. The average molecular weight is 351 g/mol. The first-order valence-corrected chi connectivity index (χ1v) is 8.51. The fourth-order valence-corrected chi connectivity index (χ4v) is 3.62. The molecule has 2 aromatic heterocycles. The maximum absolute atomic E-state index is 13.7. The highest BCUT2D eigenvalue weighted by atomic mass is 32.2. The summed E-state index contributed by atoms with van der Waals surface area (Å²) in [5.74, 6) is 0.460. The quantitative estimate of drug-likeness (QED) is 0.520. The van der Waals surface area contributed by atoms with Gasteiger partial charge in [-0.25, -0.2) is 14.4 Å². The Hall–Kier alpha value is -2.80. The van der Waals surface area contributed by atoms with Crippen molar-refractivity contribution in [3.8, 4) is 5.69 Å². The van der Waals surface area contributed by atoms with Crippen LogP contribution in [-0.2, 0) is 0 Å². The van der Waals surface area contributed by atoms with Crippen molar-refractivity contribution < 1.29 is 4.39 Å². The van der Waals surface area contributed by atoms with Gasteiger partial charge in [-0.15, -0.1) is 10.2 Å². The lowest BCUT2D eigenvalue weighted by Crippen LogP contribution is -2.01. The molecule has 0 amide bonds. The molecular formula is C18H14FN5S. The third-order valence-corrected chi connectivity index (χ3v) is 4.87. The molecule has 4 rings (SSSR count). The largest absolute Gasteiger partial charge is 0.274 e. The molecule has 0 spiro atoms. The second-order valence-electron chi connectivity index (χ2n) is 5.59. The second kappa shape index (κ2) is 6.25. The van der Waals surface area contributed by atoms with Crippen molar-refractivity contribution in [1.82, 2.24) is 24.7 Å². The van der Waals surface area contributed by atoms with E-state index < -0.39 is 0 Å². The smallest absolute Gasteiger partial charge is 0.202 e. The van der Waals surface area contributed by atoms with Gasteiger partial charge in [0.2, 0.25) is 5.16 Å². The number of hydrogen-bond donors (Lipinski definition) is 0. The highest BCUT2D eigenvalue weighted by Crippen LogP contribution is 2.32. The Bertz CT molecular complexity index is 1080. The van der Waals surface area contributed by atoms with Crippen molar-refractivity contribution in [1.29, 1.82) is 0 Å². The van der Waals surface area contributed by atoms with Gasteiger partial charge in [0.15, 0.2) is 0 Å². The number of aromatic nitrogens is 5. The van der Waals surface area contributed by atoms with Crippen LogP contribution in [0.1, 0.15) is 11.4 Å². The Kier molecular flexibility index (Phi) is 3.93. The van der Waals surface area contributed by atoms with E-state index >= 15 is 0 Å². The van der Waals surface area contributed by atoms with Gasteiger partial charge in [-0.1, -0.05) is 18.2 Å². The lowest BCUT2D eigenvalue weighted by atomic mass is 10.2. The van der Waals surface area contributed by atoms with E-state index in [4.69, 9.17) is 0 Å². The zero-order valence-electron chi connectivity index (χ0n) is 13.6. The summed E-state index contributed by atoms with van der Waals surface area (Å²) in [5, 5.41) is 10.5. The first-order valence-electron chi connectivity index (χ1n) is 7.69. The molecule has 124 valence electrons. The summed E-state index contributed by atoms with van der Waals surface area (Å²) in [6.07, 6.45) is 1.48. The van der Waals surface area contributed by atoms with Gasteiger partial charge in [-0.05, 0) is 55.4 Å². The molecule has 4 aromatic rings. The van der Waals surface area contributed by atoms with Crippen molar-refractivity contribution in [3.05, 3.63) is 66.0 Å². The molecular weight excluding hydrogens is 337 g/mol. The number of hydrogen-bond acceptors (Lipinski definition) is 5. The van der Waals surface area contributed by atoms with Crippen LogP contribution in [0.25, 0.3) is 16.6 Å². The first-order chi connectivity index (χ1) is 12.1. The molecule has 0 saturated carbocycles. The van der Waals surface area contributed by atoms with Crippen molar-refractivity contribution in [2.24, 2.45) is 0 Å². The van der Waals surface area contributed by atoms with Gasteiger partial charge in [0.25, 0.3) is 0 Å². The summed E-state index contributed by atoms with van der Waals surface area (Å²) in [4.78, 5) is 8.50. The van der Waals surface area contributed by atoms with E-state index in [0.717, 1.165) is 17.1 Å². The summed E-state index contributed by atoms with van der Waals surface area (Å²) in [6.45, 7) is 3.94. The Morgan fingerprint density at radius 3 is 2.68 bits per heavy atom. The standard InChI is InChI=1S/C18H14FN5S/c1-11-5-3-4-6-16(11)24-12(2)22-23-18(24)25-17-14-9-13(19)7-8-15(14)20-10-21-17/h3-10H,1-2H3. The van der Waals surface area contributed by atoms with Crippen LogP contribution in [-0.4, -0.2) is 24.7 Å². The van der Waals surface area contributed by atoms with Crippen molar-refractivity contribution >= 4 is 22.7 Å². The van der Waals surface area contributed by atoms with E-state index in [1.54, 1.807) is 6.07 Å². The van der Waals surface area contributed by atoms with E-state index in [2.05, 4.69) is 20.2 Å². The Morgan fingerprint density at radius 2 is 1.84 bits per heavy atom. The maximum atomic E-state index is 13.7. The number of nitrogens with zero attached hydrogens (tertiary/aromatic N) is 5. The molecule has 0 radical (unpaired) electrons. The predicted molar refractivity (Wildman–Crippen MR) is 94.5 cm³/mol. The third kappa shape index (κ3) is 2.87. The minimum Gasteiger partial charge on any atom is -0.274 e. The van der Waals surface area contributed by atoms with Crippen LogP contribution < -0.4 is 0 Å². The van der Waals surface area contributed by atoms with Crippen LogP contribution in [0.15, 0.2) is 59.0 Å². The first kappa shape index (κ1) is 15.7. The van der Waals surface area contributed by atoms with Crippen molar-refractivity contribution in [2.45, 2.75) is 24.0 Å². The number of fused-ring (bicyclic) bond motifs is 1. The lowest BCUT2D eigenvalue weighted by molar-refractivity contribution is 0.629. The van der Waals surface area contributed by atoms with Gasteiger partial charge in [-0.3, -0.25) is 4.57 Å². The molecule has 0 bridgehead atoms. The highest BCUT2D eigenvalue weighted by molar-refractivity contribution is 7.99. The van der Waals surface area contributed by atoms with Crippen LogP contribution >= 0.6 is 11.8 Å². The van der Waals surface area contributed by atoms with E-state index in [0.29, 0.717) is 21.1 Å². The topological polar surface area (TPSA) is 56.5 Å². The second-order valence-corrected chi connectivity index (χ2v) is 6.55. The SMILES string of the molecule is Cc1ccccc1-n1c(C)nnc1Sc1ncnc2ccc(F)cc12. The van der Waals surface area contributed by atoms with Gasteiger partial charge in [-0.2, -0.15) is 0 Å². The molecule has 0 aliphatic carbocycles. The van der Waals surface area contributed by atoms with E-state index in [1.165, 1.54) is 30.2 Å². The molecule has 0 unspecified atom stereocenters. The molecule has 2 aromatic carbocycles. The fourth-order valence-electron chi connectivity index (χ4n) is 2.67. The Balaban J connectivity index is 1.84. The van der Waals surface area contributed by atoms with Gasteiger partial charge in [0.05, 0.1) is 11.2 Å². The van der Waals surface area contributed by atoms with E-state index in [-0.39, 0.29) is 5.82 Å². The average Bonchev–Trinajstić information content (AvgIpc) is 2.96. The number of halogens is 1. The predicted octanol–water partition coefficient (Wildman–Crippen LogP) is 4.12. The molecule has 2 heterocycles. The number of para-hydroxylation sites is 1. The van der Waals surface area contributed by atoms with E-state index in [1.807, 2.05) is 42.7 Å². The Morgan fingerprint density at radius 1 is 1.00 bits per heavy atom. The Labute approximate surface area is 148 Å². The zero-order chi connectivity index (χ0) is 17.4. The van der Waals surface area contributed by atoms with Gasteiger partial charge in [0.1, 0.15) is 23.0 Å². The molecule has 0 atom stereocenters. The summed E-state index contributed by atoms with van der Waals surface area (Å²) < 4.78 is 15.6. The highest BCUT2D eigenvalue weighted by Gasteiger charge is 2.16. The minimum atomic E-state index is -0.319.